The zero-order valence-corrected chi connectivity index (χ0v) is 29.7. The van der Waals surface area contributed by atoms with Crippen LogP contribution in [0.25, 0.3) is 0 Å². The molecule has 3 fully saturated rings. The van der Waals surface area contributed by atoms with Crippen LogP contribution in [0.3, 0.4) is 0 Å². The SMILES string of the molecule is CCCCCCCCCCCCCCCC(=O)NCC1O[C@H](O[C@H]2C(N)C[C@H](N)C(O[C@H]3OC(CN)[C@@H](O)C(O)C3O)C2O)C(O)C(N)[C@@H]1O. The second-order valence-electron chi connectivity index (χ2n) is 14.4. The topological polar surface area (TPSA) is 291 Å². The molecule has 0 spiro atoms. The Morgan fingerprint density at radius 3 is 1.64 bits per heavy atom. The van der Waals surface area contributed by atoms with E-state index in [1.54, 1.807) is 0 Å². The summed E-state index contributed by atoms with van der Waals surface area (Å²) in [7, 11) is 0. The fourth-order valence-electron chi connectivity index (χ4n) is 7.02. The highest BCUT2D eigenvalue weighted by Gasteiger charge is 2.51. The van der Waals surface area contributed by atoms with Crippen molar-refractivity contribution < 1.29 is 54.4 Å². The summed E-state index contributed by atoms with van der Waals surface area (Å²) in [5.41, 5.74) is 24.2. The number of unbranched alkanes of at least 4 members (excludes halogenated alkanes) is 12. The van der Waals surface area contributed by atoms with Gasteiger partial charge in [0.2, 0.25) is 5.91 Å². The normalized spacial score (nSPS) is 39.4. The van der Waals surface area contributed by atoms with Gasteiger partial charge in [0, 0.05) is 31.6 Å². The molecule has 0 aromatic heterocycles. The zero-order valence-electron chi connectivity index (χ0n) is 29.7. The molecule has 15 atom stereocenters. The molecule has 3 rings (SSSR count). The Hall–Kier alpha value is -1.09. The molecule has 1 saturated carbocycles. The maximum Gasteiger partial charge on any atom is 0.220 e. The molecule has 16 heteroatoms. The summed E-state index contributed by atoms with van der Waals surface area (Å²) in [5.74, 6) is -0.193. The van der Waals surface area contributed by atoms with Crippen molar-refractivity contribution >= 4 is 5.91 Å². The largest absolute Gasteiger partial charge is 0.389 e. The minimum absolute atomic E-state index is 0.0802. The number of ether oxygens (including phenoxy) is 4. The third-order valence-electron chi connectivity index (χ3n) is 10.3. The fraction of sp³-hybridized carbons (Fsp3) is 0.971. The summed E-state index contributed by atoms with van der Waals surface area (Å²) in [6.45, 7) is 1.98. The Bertz CT molecular complexity index is 957. The van der Waals surface area contributed by atoms with E-state index >= 15 is 0 Å². The monoisotopic (exact) mass is 721 g/mol. The molecule has 16 nitrogen and oxygen atoms in total. The predicted molar refractivity (Wildman–Crippen MR) is 184 cm³/mol. The molecule has 0 radical (unpaired) electrons. The van der Waals surface area contributed by atoms with Gasteiger partial charge in [-0.05, 0) is 12.8 Å². The van der Waals surface area contributed by atoms with Crippen molar-refractivity contribution in [2.45, 2.75) is 195 Å². The van der Waals surface area contributed by atoms with Crippen molar-refractivity contribution in [1.29, 1.82) is 0 Å². The molecular formula is C34H67N5O11. The number of rotatable bonds is 21. The van der Waals surface area contributed by atoms with Crippen LogP contribution in [0.5, 0.6) is 0 Å². The number of carbonyl (C=O) groups excluding carboxylic acids is 1. The molecule has 0 aromatic carbocycles. The molecular weight excluding hydrogens is 654 g/mol. The molecule has 294 valence electrons. The molecule has 50 heavy (non-hydrogen) atoms. The first kappa shape index (κ1) is 43.3. The van der Waals surface area contributed by atoms with Crippen LogP contribution in [-0.4, -0.2) is 141 Å². The van der Waals surface area contributed by atoms with Crippen LogP contribution in [0.15, 0.2) is 0 Å². The van der Waals surface area contributed by atoms with Gasteiger partial charge in [-0.25, -0.2) is 0 Å². The van der Waals surface area contributed by atoms with Gasteiger partial charge in [-0.3, -0.25) is 4.79 Å². The summed E-state index contributed by atoms with van der Waals surface area (Å²) in [4.78, 5) is 12.6. The second kappa shape index (κ2) is 22.2. The van der Waals surface area contributed by atoms with E-state index in [0.717, 1.165) is 25.7 Å². The summed E-state index contributed by atoms with van der Waals surface area (Å²) >= 11 is 0. The number of hydrogen-bond acceptors (Lipinski definition) is 15. The van der Waals surface area contributed by atoms with Crippen LogP contribution in [0.1, 0.15) is 103 Å². The Labute approximate surface area is 296 Å². The first-order valence-electron chi connectivity index (χ1n) is 18.8. The van der Waals surface area contributed by atoms with Crippen LogP contribution in [-0.2, 0) is 23.7 Å². The maximum atomic E-state index is 12.6. The highest BCUT2D eigenvalue weighted by atomic mass is 16.7. The van der Waals surface area contributed by atoms with Gasteiger partial charge in [0.05, 0.1) is 12.1 Å². The van der Waals surface area contributed by atoms with Gasteiger partial charge in [-0.1, -0.05) is 84.0 Å². The lowest BCUT2D eigenvalue weighted by atomic mass is 9.84. The average Bonchev–Trinajstić information content (AvgIpc) is 3.09. The summed E-state index contributed by atoms with van der Waals surface area (Å²) < 4.78 is 23.1. The number of nitrogens with two attached hydrogens (primary N) is 4. The van der Waals surface area contributed by atoms with Gasteiger partial charge < -0.3 is 77.8 Å². The van der Waals surface area contributed by atoms with E-state index in [4.69, 9.17) is 41.9 Å². The molecule has 2 heterocycles. The Kier molecular flexibility index (Phi) is 19.2. The minimum Gasteiger partial charge on any atom is -0.389 e. The van der Waals surface area contributed by atoms with Gasteiger partial charge in [0.15, 0.2) is 12.6 Å². The first-order chi connectivity index (χ1) is 23.9. The summed E-state index contributed by atoms with van der Waals surface area (Å²) in [6, 6.07) is -2.90. The smallest absolute Gasteiger partial charge is 0.220 e. The lowest BCUT2D eigenvalue weighted by molar-refractivity contribution is -0.330. The van der Waals surface area contributed by atoms with E-state index in [9.17, 15) is 35.4 Å². The Morgan fingerprint density at radius 1 is 0.640 bits per heavy atom. The number of amides is 1. The highest BCUT2D eigenvalue weighted by molar-refractivity contribution is 5.75. The van der Waals surface area contributed by atoms with Gasteiger partial charge in [0.1, 0.15) is 54.9 Å². The van der Waals surface area contributed by atoms with Crippen molar-refractivity contribution in [3.63, 3.8) is 0 Å². The van der Waals surface area contributed by atoms with Crippen molar-refractivity contribution in [3.05, 3.63) is 0 Å². The lowest BCUT2D eigenvalue weighted by Gasteiger charge is -2.48. The van der Waals surface area contributed by atoms with E-state index < -0.39 is 91.7 Å². The fourth-order valence-corrected chi connectivity index (χ4v) is 7.02. The molecule has 1 amide bonds. The van der Waals surface area contributed by atoms with E-state index in [1.807, 2.05) is 0 Å². The van der Waals surface area contributed by atoms with Gasteiger partial charge in [-0.15, -0.1) is 0 Å². The molecule has 2 aliphatic heterocycles. The molecule has 15 N–H and O–H groups in total. The van der Waals surface area contributed by atoms with Crippen LogP contribution < -0.4 is 28.3 Å². The minimum atomic E-state index is -1.68. The van der Waals surface area contributed by atoms with Crippen LogP contribution in [0.2, 0.25) is 0 Å². The predicted octanol–water partition coefficient (Wildman–Crippen LogP) is -1.69. The standard InChI is InChI=1S/C34H67N5O11/c1-2-3-4-5-6-7-8-9-10-11-12-13-14-15-23(40)39-18-22-25(41)24(38)27(43)33(48-22)49-31-19(36)16-20(37)32(30(31)46)50-34-29(45)28(44)26(42)21(17-35)47-34/h19-22,24-34,41-46H,2-18,35-38H2,1H3,(H,39,40)/t19?,20-,21?,22?,24?,25+,26+,27?,28?,29?,30?,31-,32?,33+,34+/m0/s1. The number of nitrogens with one attached hydrogen (secondary N) is 1. The highest BCUT2D eigenvalue weighted by Crippen LogP contribution is 2.31. The van der Waals surface area contributed by atoms with Crippen molar-refractivity contribution in [3.8, 4) is 0 Å². The van der Waals surface area contributed by atoms with Crippen LogP contribution in [0, 0.1) is 0 Å². The van der Waals surface area contributed by atoms with E-state index in [0.29, 0.717) is 6.42 Å². The second-order valence-corrected chi connectivity index (χ2v) is 14.4. The van der Waals surface area contributed by atoms with E-state index in [-0.39, 0.29) is 25.4 Å². The third-order valence-corrected chi connectivity index (χ3v) is 10.3. The van der Waals surface area contributed by atoms with Crippen molar-refractivity contribution in [2.75, 3.05) is 13.1 Å². The van der Waals surface area contributed by atoms with Crippen LogP contribution in [0.4, 0.5) is 0 Å². The third kappa shape index (κ3) is 12.5. The first-order valence-corrected chi connectivity index (χ1v) is 18.8. The van der Waals surface area contributed by atoms with Gasteiger partial charge in [0.25, 0.3) is 0 Å². The Morgan fingerprint density at radius 2 is 1.12 bits per heavy atom. The van der Waals surface area contributed by atoms with Crippen molar-refractivity contribution in [2.24, 2.45) is 22.9 Å². The van der Waals surface area contributed by atoms with Crippen LogP contribution >= 0.6 is 0 Å². The molecule has 2 saturated heterocycles. The van der Waals surface area contributed by atoms with E-state index in [1.165, 1.54) is 57.8 Å². The summed E-state index contributed by atoms with van der Waals surface area (Å²) in [5, 5.41) is 66.3. The van der Waals surface area contributed by atoms with E-state index in [2.05, 4.69) is 12.2 Å². The molecule has 0 bridgehead atoms. The lowest BCUT2D eigenvalue weighted by Crippen LogP contribution is -2.68. The maximum absolute atomic E-state index is 12.6. The quantitative estimate of drug-likeness (QED) is 0.0590. The zero-order chi connectivity index (χ0) is 36.8. The average molecular weight is 722 g/mol. The molecule has 3 aliphatic rings. The van der Waals surface area contributed by atoms with Gasteiger partial charge >= 0.3 is 0 Å². The number of aliphatic hydroxyl groups excluding tert-OH is 6. The number of aliphatic hydroxyl groups is 6. The number of carbonyl (C=O) groups is 1. The Balaban J connectivity index is 1.43. The van der Waals surface area contributed by atoms with Crippen molar-refractivity contribution in [1.82, 2.24) is 5.32 Å². The molecule has 1 aliphatic carbocycles. The number of hydrogen-bond donors (Lipinski definition) is 11. The van der Waals surface area contributed by atoms with Gasteiger partial charge in [-0.2, -0.15) is 0 Å². The summed E-state index contributed by atoms with van der Waals surface area (Å²) in [6.07, 6.45) is -0.437. The molecule has 9 unspecified atom stereocenters. The molecule has 0 aromatic rings.